The summed E-state index contributed by atoms with van der Waals surface area (Å²) < 4.78 is 32.0. The van der Waals surface area contributed by atoms with E-state index in [9.17, 15) is 8.42 Å². The van der Waals surface area contributed by atoms with E-state index < -0.39 is 10.0 Å². The Labute approximate surface area is 177 Å². The standard InChI is InChI=1S/C20H27ClN4O3S/c1-15(28-18-11-9-17(21)10-12-18)13-23-20(22-2)24-14-16-7-5-6-8-19(16)29(26,27)25(3)4/h5-12,15H,13-14H2,1-4H3,(H2,22,23,24). The number of nitrogens with one attached hydrogen (secondary N) is 2. The molecule has 2 aromatic rings. The van der Waals surface area contributed by atoms with Gasteiger partial charge in [0.15, 0.2) is 5.96 Å². The molecule has 0 aliphatic rings. The third-order valence-corrected chi connectivity index (χ3v) is 6.28. The van der Waals surface area contributed by atoms with Crippen molar-refractivity contribution >= 4 is 27.6 Å². The van der Waals surface area contributed by atoms with Crippen molar-refractivity contribution in [2.75, 3.05) is 27.7 Å². The molecule has 2 N–H and O–H groups in total. The second-order valence-electron chi connectivity index (χ2n) is 6.58. The first-order chi connectivity index (χ1) is 13.7. The first-order valence-electron chi connectivity index (χ1n) is 9.11. The van der Waals surface area contributed by atoms with Crippen LogP contribution in [0.3, 0.4) is 0 Å². The van der Waals surface area contributed by atoms with Crippen LogP contribution in [0.2, 0.25) is 5.02 Å². The molecule has 0 amide bonds. The highest BCUT2D eigenvalue weighted by Gasteiger charge is 2.20. The van der Waals surface area contributed by atoms with Crippen LogP contribution < -0.4 is 15.4 Å². The summed E-state index contributed by atoms with van der Waals surface area (Å²) in [4.78, 5) is 4.45. The van der Waals surface area contributed by atoms with E-state index in [4.69, 9.17) is 16.3 Å². The molecule has 0 radical (unpaired) electrons. The van der Waals surface area contributed by atoms with Gasteiger partial charge in [-0.1, -0.05) is 29.8 Å². The molecule has 1 unspecified atom stereocenters. The summed E-state index contributed by atoms with van der Waals surface area (Å²) in [5.74, 6) is 1.28. The van der Waals surface area contributed by atoms with Crippen molar-refractivity contribution in [2.24, 2.45) is 4.99 Å². The fourth-order valence-electron chi connectivity index (χ4n) is 2.53. The first-order valence-corrected chi connectivity index (χ1v) is 10.9. The minimum atomic E-state index is -3.52. The fraction of sp³-hybridized carbons (Fsp3) is 0.350. The van der Waals surface area contributed by atoms with Gasteiger partial charge in [-0.15, -0.1) is 0 Å². The Morgan fingerprint density at radius 1 is 1.14 bits per heavy atom. The summed E-state index contributed by atoms with van der Waals surface area (Å²) in [5, 5.41) is 6.98. The van der Waals surface area contributed by atoms with Crippen LogP contribution in [0.25, 0.3) is 0 Å². The molecule has 158 valence electrons. The van der Waals surface area contributed by atoms with Crippen LogP contribution in [0.15, 0.2) is 58.4 Å². The fourth-order valence-corrected chi connectivity index (χ4v) is 3.77. The lowest BCUT2D eigenvalue weighted by Crippen LogP contribution is -2.41. The summed E-state index contributed by atoms with van der Waals surface area (Å²) in [6.07, 6.45) is -0.115. The largest absolute Gasteiger partial charge is 0.489 e. The molecule has 0 saturated carbocycles. The van der Waals surface area contributed by atoms with Gasteiger partial charge in [0.05, 0.1) is 11.4 Å². The summed E-state index contributed by atoms with van der Waals surface area (Å²) >= 11 is 5.88. The van der Waals surface area contributed by atoms with Crippen LogP contribution >= 0.6 is 11.6 Å². The Bertz CT molecular complexity index is 931. The second-order valence-corrected chi connectivity index (χ2v) is 9.14. The summed E-state index contributed by atoms with van der Waals surface area (Å²) in [7, 11) is 1.17. The number of guanidine groups is 1. The molecule has 0 saturated heterocycles. The molecule has 7 nitrogen and oxygen atoms in total. The second kappa shape index (κ2) is 10.5. The average Bonchev–Trinajstić information content (AvgIpc) is 2.70. The monoisotopic (exact) mass is 438 g/mol. The number of nitrogens with zero attached hydrogens (tertiary/aromatic N) is 2. The van der Waals surface area contributed by atoms with Crippen LogP contribution in [-0.4, -0.2) is 52.5 Å². The summed E-state index contributed by atoms with van der Waals surface area (Å²) in [6, 6.07) is 14.1. The van der Waals surface area contributed by atoms with Gasteiger partial charge in [0.25, 0.3) is 0 Å². The van der Waals surface area contributed by atoms with Crippen molar-refractivity contribution in [3.63, 3.8) is 0 Å². The van der Waals surface area contributed by atoms with Gasteiger partial charge in [-0.05, 0) is 42.8 Å². The van der Waals surface area contributed by atoms with Crippen LogP contribution in [-0.2, 0) is 16.6 Å². The Balaban J connectivity index is 1.94. The van der Waals surface area contributed by atoms with E-state index >= 15 is 0 Å². The molecule has 0 aromatic heterocycles. The molecule has 2 aromatic carbocycles. The minimum absolute atomic E-state index is 0.115. The highest BCUT2D eigenvalue weighted by atomic mass is 35.5. The summed E-state index contributed by atoms with van der Waals surface area (Å²) in [5.41, 5.74) is 0.662. The molecular formula is C20H27ClN4O3S. The van der Waals surface area contributed by atoms with Crippen LogP contribution in [0.1, 0.15) is 12.5 Å². The van der Waals surface area contributed by atoms with E-state index in [-0.39, 0.29) is 11.0 Å². The number of halogens is 1. The van der Waals surface area contributed by atoms with Crippen LogP contribution in [0.5, 0.6) is 5.75 Å². The van der Waals surface area contributed by atoms with Crippen LogP contribution in [0.4, 0.5) is 0 Å². The van der Waals surface area contributed by atoms with E-state index in [2.05, 4.69) is 15.6 Å². The lowest BCUT2D eigenvalue weighted by molar-refractivity contribution is 0.224. The molecule has 0 aliphatic carbocycles. The molecule has 0 heterocycles. The van der Waals surface area contributed by atoms with Crippen molar-refractivity contribution in [1.82, 2.24) is 14.9 Å². The lowest BCUT2D eigenvalue weighted by Gasteiger charge is -2.19. The van der Waals surface area contributed by atoms with Gasteiger partial charge < -0.3 is 15.4 Å². The van der Waals surface area contributed by atoms with Crippen molar-refractivity contribution in [3.8, 4) is 5.75 Å². The minimum Gasteiger partial charge on any atom is -0.489 e. The van der Waals surface area contributed by atoms with E-state index in [1.165, 1.54) is 18.4 Å². The molecule has 0 bridgehead atoms. The Hall–Kier alpha value is -2.29. The SMILES string of the molecule is CN=C(NCc1ccccc1S(=O)(=O)N(C)C)NCC(C)Oc1ccc(Cl)cc1. The predicted octanol–water partition coefficient (Wildman–Crippen LogP) is 2.72. The lowest BCUT2D eigenvalue weighted by atomic mass is 10.2. The molecule has 0 aliphatic heterocycles. The Morgan fingerprint density at radius 2 is 1.79 bits per heavy atom. The van der Waals surface area contributed by atoms with E-state index in [0.29, 0.717) is 29.6 Å². The molecular weight excluding hydrogens is 412 g/mol. The average molecular weight is 439 g/mol. The van der Waals surface area contributed by atoms with Crippen molar-refractivity contribution in [2.45, 2.75) is 24.5 Å². The molecule has 9 heteroatoms. The third kappa shape index (κ3) is 6.62. The topological polar surface area (TPSA) is 83.0 Å². The Morgan fingerprint density at radius 3 is 2.41 bits per heavy atom. The molecule has 1 atom stereocenters. The van der Waals surface area contributed by atoms with Gasteiger partial charge in [-0.3, -0.25) is 4.99 Å². The van der Waals surface area contributed by atoms with Gasteiger partial charge >= 0.3 is 0 Å². The maximum Gasteiger partial charge on any atom is 0.242 e. The van der Waals surface area contributed by atoms with E-state index in [1.54, 1.807) is 37.4 Å². The van der Waals surface area contributed by atoms with Gasteiger partial charge in [-0.25, -0.2) is 12.7 Å². The van der Waals surface area contributed by atoms with Crippen molar-refractivity contribution in [3.05, 3.63) is 59.1 Å². The van der Waals surface area contributed by atoms with E-state index in [1.807, 2.05) is 25.1 Å². The molecule has 29 heavy (non-hydrogen) atoms. The molecule has 0 spiro atoms. The summed E-state index contributed by atoms with van der Waals surface area (Å²) in [6.45, 7) is 2.77. The number of hydrogen-bond donors (Lipinski definition) is 2. The normalized spacial score (nSPS) is 13.2. The number of hydrogen-bond acceptors (Lipinski definition) is 4. The molecule has 0 fully saturated rings. The van der Waals surface area contributed by atoms with Gasteiger partial charge in [0.2, 0.25) is 10.0 Å². The molecule has 2 rings (SSSR count). The van der Waals surface area contributed by atoms with Gasteiger partial charge in [-0.2, -0.15) is 0 Å². The third-order valence-electron chi connectivity index (χ3n) is 4.11. The predicted molar refractivity (Wildman–Crippen MR) is 117 cm³/mol. The number of sulfonamides is 1. The van der Waals surface area contributed by atoms with Gasteiger partial charge in [0, 0.05) is 32.7 Å². The van der Waals surface area contributed by atoms with Crippen molar-refractivity contribution in [1.29, 1.82) is 0 Å². The number of ether oxygens (including phenoxy) is 1. The number of benzene rings is 2. The quantitative estimate of drug-likeness (QED) is 0.489. The zero-order valence-electron chi connectivity index (χ0n) is 17.0. The highest BCUT2D eigenvalue weighted by Crippen LogP contribution is 2.18. The zero-order valence-corrected chi connectivity index (χ0v) is 18.6. The highest BCUT2D eigenvalue weighted by molar-refractivity contribution is 7.89. The number of aliphatic imine (C=N–C) groups is 1. The van der Waals surface area contributed by atoms with Gasteiger partial charge in [0.1, 0.15) is 11.9 Å². The Kier molecular flexibility index (Phi) is 8.31. The van der Waals surface area contributed by atoms with Crippen molar-refractivity contribution < 1.29 is 13.2 Å². The maximum atomic E-state index is 12.5. The smallest absolute Gasteiger partial charge is 0.242 e. The van der Waals surface area contributed by atoms with Crippen LogP contribution in [0, 0.1) is 0 Å². The first kappa shape index (κ1) is 23.0. The van der Waals surface area contributed by atoms with E-state index in [0.717, 1.165) is 5.75 Å². The number of rotatable bonds is 8. The zero-order chi connectivity index (χ0) is 21.4. The maximum absolute atomic E-state index is 12.5.